The molecule has 0 spiro atoms. The molecule has 1 atom stereocenters. The van der Waals surface area contributed by atoms with Crippen molar-refractivity contribution in [3.05, 3.63) is 28.2 Å². The normalized spacial score (nSPS) is 12.6. The van der Waals surface area contributed by atoms with Crippen LogP contribution in [0.5, 0.6) is 5.75 Å². The molecule has 4 heteroatoms. The minimum Gasteiger partial charge on any atom is -0.496 e. The Morgan fingerprint density at radius 3 is 2.71 bits per heavy atom. The summed E-state index contributed by atoms with van der Waals surface area (Å²) in [4.78, 5) is 0. The first-order valence-electron chi connectivity index (χ1n) is 4.27. The van der Waals surface area contributed by atoms with Gasteiger partial charge in [0.05, 0.1) is 19.8 Å². The van der Waals surface area contributed by atoms with Crippen LogP contribution in [0, 0.1) is 0 Å². The largest absolute Gasteiger partial charge is 0.496 e. The lowest BCUT2D eigenvalue weighted by molar-refractivity contribution is 0.179. The molecule has 2 N–H and O–H groups in total. The van der Waals surface area contributed by atoms with Crippen LogP contribution in [-0.2, 0) is 4.74 Å². The Morgan fingerprint density at radius 2 is 2.14 bits per heavy atom. The van der Waals surface area contributed by atoms with Gasteiger partial charge in [-0.1, -0.05) is 22.0 Å². The molecule has 0 radical (unpaired) electrons. The maximum Gasteiger partial charge on any atom is 0.124 e. The molecule has 0 amide bonds. The molecular formula is C10H14BrNO2. The molecule has 0 aliphatic rings. The Hall–Kier alpha value is -0.580. The van der Waals surface area contributed by atoms with Gasteiger partial charge in [-0.25, -0.2) is 0 Å². The summed E-state index contributed by atoms with van der Waals surface area (Å²) in [5.41, 5.74) is 6.87. The van der Waals surface area contributed by atoms with Crippen LogP contribution in [0.2, 0.25) is 0 Å². The second kappa shape index (κ2) is 5.34. The van der Waals surface area contributed by atoms with Crippen LogP contribution in [0.4, 0.5) is 0 Å². The van der Waals surface area contributed by atoms with Crippen LogP contribution in [-0.4, -0.2) is 20.8 Å². The molecule has 0 aliphatic carbocycles. The predicted octanol–water partition coefficient (Wildman–Crippen LogP) is 2.10. The number of rotatable bonds is 4. The Morgan fingerprint density at radius 1 is 1.43 bits per heavy atom. The molecule has 0 saturated heterocycles. The average Bonchev–Trinajstić information content (AvgIpc) is 2.17. The second-order valence-electron chi connectivity index (χ2n) is 2.95. The zero-order valence-electron chi connectivity index (χ0n) is 8.29. The highest BCUT2D eigenvalue weighted by atomic mass is 79.9. The molecule has 14 heavy (non-hydrogen) atoms. The van der Waals surface area contributed by atoms with Gasteiger partial charge in [0.2, 0.25) is 0 Å². The third kappa shape index (κ3) is 2.70. The fourth-order valence-corrected chi connectivity index (χ4v) is 1.60. The molecule has 0 heterocycles. The van der Waals surface area contributed by atoms with Crippen LogP contribution >= 0.6 is 15.9 Å². The zero-order chi connectivity index (χ0) is 10.6. The zero-order valence-corrected chi connectivity index (χ0v) is 9.87. The van der Waals surface area contributed by atoms with Gasteiger partial charge in [0.15, 0.2) is 0 Å². The molecule has 0 fully saturated rings. The fourth-order valence-electron chi connectivity index (χ4n) is 1.26. The van der Waals surface area contributed by atoms with Gasteiger partial charge in [0.1, 0.15) is 5.75 Å². The molecular weight excluding hydrogens is 246 g/mol. The topological polar surface area (TPSA) is 44.5 Å². The first-order chi connectivity index (χ1) is 6.69. The molecule has 1 aromatic rings. The van der Waals surface area contributed by atoms with E-state index in [-0.39, 0.29) is 6.04 Å². The monoisotopic (exact) mass is 259 g/mol. The summed E-state index contributed by atoms with van der Waals surface area (Å²) in [7, 11) is 3.26. The van der Waals surface area contributed by atoms with Crippen molar-refractivity contribution in [1.29, 1.82) is 0 Å². The van der Waals surface area contributed by atoms with Gasteiger partial charge < -0.3 is 15.2 Å². The number of nitrogens with two attached hydrogens (primary N) is 1. The number of hydrogen-bond donors (Lipinski definition) is 1. The summed E-state index contributed by atoms with van der Waals surface area (Å²) >= 11 is 3.37. The first kappa shape index (κ1) is 11.5. The van der Waals surface area contributed by atoms with E-state index in [1.54, 1.807) is 14.2 Å². The van der Waals surface area contributed by atoms with E-state index in [0.717, 1.165) is 15.8 Å². The molecule has 0 bridgehead atoms. The van der Waals surface area contributed by atoms with Crippen LogP contribution in [0.1, 0.15) is 11.6 Å². The predicted molar refractivity (Wildman–Crippen MR) is 59.5 cm³/mol. The highest BCUT2D eigenvalue weighted by molar-refractivity contribution is 9.10. The highest BCUT2D eigenvalue weighted by Crippen LogP contribution is 2.27. The van der Waals surface area contributed by atoms with Gasteiger partial charge in [-0.05, 0) is 12.1 Å². The van der Waals surface area contributed by atoms with Gasteiger partial charge in [-0.3, -0.25) is 0 Å². The van der Waals surface area contributed by atoms with Crippen LogP contribution in [0.15, 0.2) is 22.7 Å². The maximum absolute atomic E-state index is 5.91. The molecule has 1 aromatic carbocycles. The molecule has 3 nitrogen and oxygen atoms in total. The van der Waals surface area contributed by atoms with Gasteiger partial charge in [0, 0.05) is 17.1 Å². The fraction of sp³-hybridized carbons (Fsp3) is 0.400. The van der Waals surface area contributed by atoms with E-state index in [1.807, 2.05) is 18.2 Å². The minimum absolute atomic E-state index is 0.150. The van der Waals surface area contributed by atoms with Crippen molar-refractivity contribution < 1.29 is 9.47 Å². The van der Waals surface area contributed by atoms with Crippen molar-refractivity contribution in [2.75, 3.05) is 20.8 Å². The second-order valence-corrected chi connectivity index (χ2v) is 3.86. The van der Waals surface area contributed by atoms with E-state index in [2.05, 4.69) is 15.9 Å². The Balaban J connectivity index is 2.95. The number of benzene rings is 1. The van der Waals surface area contributed by atoms with E-state index in [0.29, 0.717) is 6.61 Å². The molecule has 0 aromatic heterocycles. The Bertz CT molecular complexity index is 304. The van der Waals surface area contributed by atoms with Crippen molar-refractivity contribution in [1.82, 2.24) is 0 Å². The van der Waals surface area contributed by atoms with Crippen LogP contribution in [0.25, 0.3) is 0 Å². The standard InChI is InChI=1S/C10H14BrNO2/c1-13-6-9(12)8-4-3-7(11)5-10(8)14-2/h3-5,9H,6,12H2,1-2H3/t9-/m1/s1. The summed E-state index contributed by atoms with van der Waals surface area (Å²) in [6.45, 7) is 0.484. The molecule has 0 saturated carbocycles. The van der Waals surface area contributed by atoms with E-state index in [4.69, 9.17) is 15.2 Å². The van der Waals surface area contributed by atoms with Crippen molar-refractivity contribution >= 4 is 15.9 Å². The van der Waals surface area contributed by atoms with Crippen LogP contribution in [0.3, 0.4) is 0 Å². The maximum atomic E-state index is 5.91. The first-order valence-corrected chi connectivity index (χ1v) is 5.06. The summed E-state index contributed by atoms with van der Waals surface area (Å²) < 4.78 is 11.2. The van der Waals surface area contributed by atoms with Gasteiger partial charge >= 0.3 is 0 Å². The third-order valence-electron chi connectivity index (χ3n) is 1.94. The minimum atomic E-state index is -0.150. The number of halogens is 1. The van der Waals surface area contributed by atoms with E-state index in [9.17, 15) is 0 Å². The Kier molecular flexibility index (Phi) is 4.38. The van der Waals surface area contributed by atoms with Crippen molar-refractivity contribution in [2.24, 2.45) is 5.73 Å². The van der Waals surface area contributed by atoms with Crippen molar-refractivity contribution in [3.8, 4) is 5.75 Å². The SMILES string of the molecule is COC[C@@H](N)c1ccc(Br)cc1OC. The summed E-state index contributed by atoms with van der Waals surface area (Å²) in [5.74, 6) is 0.781. The number of methoxy groups -OCH3 is 2. The van der Waals surface area contributed by atoms with E-state index < -0.39 is 0 Å². The van der Waals surface area contributed by atoms with Gasteiger partial charge in [0.25, 0.3) is 0 Å². The smallest absolute Gasteiger partial charge is 0.124 e. The molecule has 1 rings (SSSR count). The van der Waals surface area contributed by atoms with Crippen molar-refractivity contribution in [2.45, 2.75) is 6.04 Å². The lowest BCUT2D eigenvalue weighted by Gasteiger charge is -2.14. The molecule has 0 aliphatic heterocycles. The quantitative estimate of drug-likeness (QED) is 0.901. The molecule has 0 unspecified atom stereocenters. The van der Waals surface area contributed by atoms with Crippen molar-refractivity contribution in [3.63, 3.8) is 0 Å². The number of hydrogen-bond acceptors (Lipinski definition) is 3. The lowest BCUT2D eigenvalue weighted by atomic mass is 10.1. The summed E-state index contributed by atoms with van der Waals surface area (Å²) in [6.07, 6.45) is 0. The molecule has 78 valence electrons. The van der Waals surface area contributed by atoms with E-state index in [1.165, 1.54) is 0 Å². The summed E-state index contributed by atoms with van der Waals surface area (Å²) in [5, 5.41) is 0. The lowest BCUT2D eigenvalue weighted by Crippen LogP contribution is -2.16. The van der Waals surface area contributed by atoms with Gasteiger partial charge in [-0.2, -0.15) is 0 Å². The number of ether oxygens (including phenoxy) is 2. The highest BCUT2D eigenvalue weighted by Gasteiger charge is 2.11. The van der Waals surface area contributed by atoms with Gasteiger partial charge in [-0.15, -0.1) is 0 Å². The third-order valence-corrected chi connectivity index (χ3v) is 2.43. The summed E-state index contributed by atoms with van der Waals surface area (Å²) in [6, 6.07) is 5.62. The van der Waals surface area contributed by atoms with Crippen LogP contribution < -0.4 is 10.5 Å². The average molecular weight is 260 g/mol. The van der Waals surface area contributed by atoms with E-state index >= 15 is 0 Å². The Labute approximate surface area is 92.3 Å².